The van der Waals surface area contributed by atoms with Gasteiger partial charge in [0.2, 0.25) is 0 Å². The summed E-state index contributed by atoms with van der Waals surface area (Å²) in [6.07, 6.45) is 5.25. The Morgan fingerprint density at radius 3 is 2.52 bits per heavy atom. The number of aromatic nitrogens is 2. The quantitative estimate of drug-likeness (QED) is 0.838. The molecular formula is C17H32N4. The smallest absolute Gasteiger partial charge is 0.0628 e. The van der Waals surface area contributed by atoms with Crippen LogP contribution in [0.15, 0.2) is 0 Å². The van der Waals surface area contributed by atoms with Crippen molar-refractivity contribution in [3.8, 4) is 0 Å². The van der Waals surface area contributed by atoms with Crippen LogP contribution in [-0.4, -0.2) is 46.9 Å². The van der Waals surface area contributed by atoms with Crippen molar-refractivity contribution in [3.05, 3.63) is 17.0 Å². The molecule has 0 bridgehead atoms. The van der Waals surface area contributed by atoms with Crippen molar-refractivity contribution < 1.29 is 0 Å². The van der Waals surface area contributed by atoms with Crippen LogP contribution in [0.1, 0.15) is 50.1 Å². The van der Waals surface area contributed by atoms with Crippen LogP contribution in [0.2, 0.25) is 0 Å². The van der Waals surface area contributed by atoms with Gasteiger partial charge in [0.25, 0.3) is 0 Å². The van der Waals surface area contributed by atoms with Gasteiger partial charge >= 0.3 is 0 Å². The Morgan fingerprint density at radius 2 is 1.90 bits per heavy atom. The first-order valence-electron chi connectivity index (χ1n) is 8.60. The van der Waals surface area contributed by atoms with E-state index in [0.29, 0.717) is 6.04 Å². The molecule has 1 N–H and O–H groups in total. The van der Waals surface area contributed by atoms with Crippen LogP contribution in [-0.2, 0) is 13.0 Å². The Hall–Kier alpha value is -0.870. The number of likely N-dealkylation sites (tertiary alicyclic amines) is 1. The van der Waals surface area contributed by atoms with Crippen LogP contribution in [0.3, 0.4) is 0 Å². The first kappa shape index (κ1) is 16.5. The predicted molar refractivity (Wildman–Crippen MR) is 88.8 cm³/mol. The molecule has 0 saturated carbocycles. The van der Waals surface area contributed by atoms with Gasteiger partial charge in [-0.1, -0.05) is 6.42 Å². The lowest BCUT2D eigenvalue weighted by Gasteiger charge is -2.29. The van der Waals surface area contributed by atoms with Crippen LogP contribution in [0.5, 0.6) is 0 Å². The average Bonchev–Trinajstić information content (AvgIpc) is 2.75. The molecule has 1 unspecified atom stereocenters. The zero-order valence-corrected chi connectivity index (χ0v) is 14.3. The molecular weight excluding hydrogens is 260 g/mol. The van der Waals surface area contributed by atoms with Crippen molar-refractivity contribution in [3.63, 3.8) is 0 Å². The number of aryl methyl sites for hydroxylation is 2. The van der Waals surface area contributed by atoms with E-state index >= 15 is 0 Å². The number of nitrogens with zero attached hydrogens (tertiary/aromatic N) is 3. The fraction of sp³-hybridized carbons (Fsp3) is 0.824. The lowest BCUT2D eigenvalue weighted by Crippen LogP contribution is -2.42. The maximum Gasteiger partial charge on any atom is 0.0628 e. The van der Waals surface area contributed by atoms with Crippen molar-refractivity contribution in [1.29, 1.82) is 0 Å². The Morgan fingerprint density at radius 1 is 1.19 bits per heavy atom. The molecule has 1 fully saturated rings. The Bertz CT molecular complexity index is 432. The summed E-state index contributed by atoms with van der Waals surface area (Å²) in [7, 11) is 0. The number of hydrogen-bond acceptors (Lipinski definition) is 3. The Kier molecular flexibility index (Phi) is 6.24. The summed E-state index contributed by atoms with van der Waals surface area (Å²) in [6.45, 7) is 14.6. The molecule has 2 rings (SSSR count). The molecule has 1 aromatic heterocycles. The molecule has 0 aliphatic carbocycles. The first-order chi connectivity index (χ1) is 10.1. The summed E-state index contributed by atoms with van der Waals surface area (Å²) in [4.78, 5) is 2.60. The monoisotopic (exact) mass is 292 g/mol. The summed E-state index contributed by atoms with van der Waals surface area (Å²) < 4.78 is 2.11. The van der Waals surface area contributed by atoms with E-state index in [9.17, 15) is 0 Å². The third-order valence-electron chi connectivity index (χ3n) is 4.68. The molecule has 0 radical (unpaired) electrons. The second-order valence-electron chi connectivity index (χ2n) is 6.43. The molecule has 1 atom stereocenters. The van der Waals surface area contributed by atoms with E-state index in [4.69, 9.17) is 0 Å². The molecule has 1 aliphatic heterocycles. The standard InChI is InChI=1S/C17H32N4/c1-5-21-16(4)17(15(3)19-21)9-10-18-14(2)13-20-11-7-6-8-12-20/h14,18H,5-13H2,1-4H3. The van der Waals surface area contributed by atoms with Gasteiger partial charge < -0.3 is 10.2 Å². The van der Waals surface area contributed by atoms with Crippen LogP contribution in [0.4, 0.5) is 0 Å². The molecule has 0 spiro atoms. The maximum atomic E-state index is 4.60. The molecule has 2 heterocycles. The van der Waals surface area contributed by atoms with Crippen LogP contribution in [0.25, 0.3) is 0 Å². The van der Waals surface area contributed by atoms with E-state index in [0.717, 1.165) is 19.5 Å². The highest BCUT2D eigenvalue weighted by Gasteiger charge is 2.14. The van der Waals surface area contributed by atoms with E-state index in [1.165, 1.54) is 55.8 Å². The highest BCUT2D eigenvalue weighted by Crippen LogP contribution is 2.13. The fourth-order valence-corrected chi connectivity index (χ4v) is 3.44. The first-order valence-corrected chi connectivity index (χ1v) is 8.60. The van der Waals surface area contributed by atoms with E-state index in [2.05, 4.69) is 47.7 Å². The van der Waals surface area contributed by atoms with E-state index in [1.54, 1.807) is 0 Å². The minimum atomic E-state index is 0.574. The van der Waals surface area contributed by atoms with Gasteiger partial charge in [0.1, 0.15) is 0 Å². The third-order valence-corrected chi connectivity index (χ3v) is 4.68. The lowest BCUT2D eigenvalue weighted by molar-refractivity contribution is 0.209. The molecule has 1 aromatic rings. The molecule has 4 heteroatoms. The largest absolute Gasteiger partial charge is 0.313 e. The van der Waals surface area contributed by atoms with Crippen LogP contribution >= 0.6 is 0 Å². The summed E-state index contributed by atoms with van der Waals surface area (Å²) >= 11 is 0. The highest BCUT2D eigenvalue weighted by molar-refractivity contribution is 5.24. The Labute approximate surface area is 129 Å². The summed E-state index contributed by atoms with van der Waals surface area (Å²) in [5, 5.41) is 8.28. The van der Waals surface area contributed by atoms with Gasteiger partial charge in [-0.3, -0.25) is 4.68 Å². The van der Waals surface area contributed by atoms with Crippen molar-refractivity contribution in [2.24, 2.45) is 0 Å². The number of rotatable bonds is 7. The van der Waals surface area contributed by atoms with Crippen molar-refractivity contribution in [2.75, 3.05) is 26.2 Å². The van der Waals surface area contributed by atoms with Crippen molar-refractivity contribution in [2.45, 2.75) is 66.0 Å². The normalized spacial score (nSPS) is 18.1. The van der Waals surface area contributed by atoms with E-state index in [1.807, 2.05) is 0 Å². The van der Waals surface area contributed by atoms with E-state index in [-0.39, 0.29) is 0 Å². The SMILES string of the molecule is CCn1nc(C)c(CCNC(C)CN2CCCCC2)c1C. The zero-order chi connectivity index (χ0) is 15.2. The van der Waals surface area contributed by atoms with Crippen LogP contribution < -0.4 is 5.32 Å². The molecule has 21 heavy (non-hydrogen) atoms. The van der Waals surface area contributed by atoms with Gasteiger partial charge in [-0.25, -0.2) is 0 Å². The van der Waals surface area contributed by atoms with Crippen molar-refractivity contribution in [1.82, 2.24) is 20.0 Å². The van der Waals surface area contributed by atoms with Crippen molar-refractivity contribution >= 4 is 0 Å². The zero-order valence-electron chi connectivity index (χ0n) is 14.3. The van der Waals surface area contributed by atoms with Gasteiger partial charge in [-0.05, 0) is 72.2 Å². The number of hydrogen-bond donors (Lipinski definition) is 1. The average molecular weight is 292 g/mol. The molecule has 1 aliphatic rings. The van der Waals surface area contributed by atoms with Crippen LogP contribution in [0, 0.1) is 13.8 Å². The predicted octanol–water partition coefficient (Wildman–Crippen LogP) is 2.53. The van der Waals surface area contributed by atoms with Gasteiger partial charge in [0.05, 0.1) is 5.69 Å². The topological polar surface area (TPSA) is 33.1 Å². The molecule has 0 amide bonds. The van der Waals surface area contributed by atoms with Gasteiger partial charge in [-0.2, -0.15) is 5.10 Å². The molecule has 120 valence electrons. The maximum absolute atomic E-state index is 4.60. The minimum Gasteiger partial charge on any atom is -0.313 e. The third kappa shape index (κ3) is 4.55. The summed E-state index contributed by atoms with van der Waals surface area (Å²) in [5.74, 6) is 0. The summed E-state index contributed by atoms with van der Waals surface area (Å²) in [5.41, 5.74) is 3.95. The summed E-state index contributed by atoms with van der Waals surface area (Å²) in [6, 6.07) is 0.574. The minimum absolute atomic E-state index is 0.574. The molecule has 4 nitrogen and oxygen atoms in total. The van der Waals surface area contributed by atoms with Gasteiger partial charge in [0, 0.05) is 24.8 Å². The number of nitrogens with one attached hydrogen (secondary N) is 1. The van der Waals surface area contributed by atoms with Gasteiger partial charge in [0.15, 0.2) is 0 Å². The number of piperidine rings is 1. The Balaban J connectivity index is 1.74. The van der Waals surface area contributed by atoms with E-state index < -0.39 is 0 Å². The second-order valence-corrected chi connectivity index (χ2v) is 6.43. The van der Waals surface area contributed by atoms with Gasteiger partial charge in [-0.15, -0.1) is 0 Å². The highest BCUT2D eigenvalue weighted by atomic mass is 15.3. The lowest BCUT2D eigenvalue weighted by atomic mass is 10.1. The fourth-order valence-electron chi connectivity index (χ4n) is 3.44. The molecule has 0 aromatic carbocycles. The molecule has 1 saturated heterocycles. The second kappa shape index (κ2) is 7.95.